The zero-order valence-corrected chi connectivity index (χ0v) is 25.4. The summed E-state index contributed by atoms with van der Waals surface area (Å²) in [5.41, 5.74) is 12.6. The average molecular weight is 593 g/mol. The van der Waals surface area contributed by atoms with Crippen molar-refractivity contribution in [2.24, 2.45) is 0 Å². The monoisotopic (exact) mass is 592 g/mol. The van der Waals surface area contributed by atoms with E-state index in [1.54, 1.807) is 0 Å². The van der Waals surface area contributed by atoms with Gasteiger partial charge in [0.2, 0.25) is 0 Å². The fourth-order valence-electron chi connectivity index (χ4n) is 6.74. The van der Waals surface area contributed by atoms with E-state index in [4.69, 9.17) is 18.8 Å². The molecule has 0 spiro atoms. The first-order valence-corrected chi connectivity index (χ1v) is 15.5. The summed E-state index contributed by atoms with van der Waals surface area (Å²) in [6.45, 7) is 4.21. The summed E-state index contributed by atoms with van der Waals surface area (Å²) in [5, 5.41) is 4.36. The van der Waals surface area contributed by atoms with Crippen molar-refractivity contribution < 1.29 is 8.83 Å². The Morgan fingerprint density at radius 2 is 1.17 bits per heavy atom. The van der Waals surface area contributed by atoms with Gasteiger partial charge < -0.3 is 8.83 Å². The molecule has 4 heteroatoms. The van der Waals surface area contributed by atoms with E-state index in [1.807, 2.05) is 48.5 Å². The minimum absolute atomic E-state index is 0.686. The lowest BCUT2D eigenvalue weighted by Crippen LogP contribution is -2.00. The second kappa shape index (κ2) is 10.3. The van der Waals surface area contributed by atoms with Gasteiger partial charge in [0, 0.05) is 43.8 Å². The van der Waals surface area contributed by atoms with Gasteiger partial charge in [0.25, 0.3) is 0 Å². The lowest BCUT2D eigenvalue weighted by molar-refractivity contribution is 0.668. The Morgan fingerprint density at radius 3 is 2.00 bits per heavy atom. The molecule has 0 radical (unpaired) electrons. The summed E-state index contributed by atoms with van der Waals surface area (Å²) in [5.74, 6) is 0.686. The molecule has 0 saturated heterocycles. The van der Waals surface area contributed by atoms with Crippen molar-refractivity contribution in [3.05, 3.63) is 145 Å². The number of para-hydroxylation sites is 2. The molecule has 6 aromatic carbocycles. The van der Waals surface area contributed by atoms with E-state index in [9.17, 15) is 0 Å². The van der Waals surface area contributed by atoms with E-state index >= 15 is 0 Å². The maximum Gasteiger partial charge on any atom is 0.160 e. The van der Waals surface area contributed by atoms with Crippen LogP contribution in [0, 0.1) is 13.8 Å². The molecule has 0 atom stereocenters. The zero-order chi connectivity index (χ0) is 30.8. The van der Waals surface area contributed by atoms with Crippen LogP contribution in [0.25, 0.3) is 88.9 Å². The Balaban J connectivity index is 1.27. The summed E-state index contributed by atoms with van der Waals surface area (Å²) < 4.78 is 13.0. The van der Waals surface area contributed by atoms with E-state index in [-0.39, 0.29) is 0 Å². The van der Waals surface area contributed by atoms with Crippen molar-refractivity contribution in [1.82, 2.24) is 9.97 Å². The molecule has 0 amide bonds. The Bertz CT molecular complexity index is 2600. The number of aromatic nitrogens is 2. The third-order valence-electron chi connectivity index (χ3n) is 8.91. The number of aryl methyl sites for hydroxylation is 1. The molecule has 4 nitrogen and oxygen atoms in total. The summed E-state index contributed by atoms with van der Waals surface area (Å²) in [6.07, 6.45) is 0. The molecule has 0 fully saturated rings. The van der Waals surface area contributed by atoms with Crippen LogP contribution in [0.3, 0.4) is 0 Å². The molecule has 218 valence electrons. The molecule has 46 heavy (non-hydrogen) atoms. The van der Waals surface area contributed by atoms with Crippen LogP contribution in [0.2, 0.25) is 0 Å². The van der Waals surface area contributed by atoms with E-state index in [0.717, 1.165) is 94.2 Å². The Labute approximate surface area is 265 Å². The summed E-state index contributed by atoms with van der Waals surface area (Å²) in [6, 6.07) is 45.9. The predicted molar refractivity (Wildman–Crippen MR) is 188 cm³/mol. The number of hydrogen-bond acceptors (Lipinski definition) is 4. The van der Waals surface area contributed by atoms with Crippen LogP contribution < -0.4 is 0 Å². The first-order chi connectivity index (χ1) is 22.6. The van der Waals surface area contributed by atoms with E-state index in [1.165, 1.54) is 0 Å². The highest BCUT2D eigenvalue weighted by Gasteiger charge is 2.21. The zero-order valence-electron chi connectivity index (χ0n) is 25.4. The first-order valence-electron chi connectivity index (χ1n) is 15.5. The largest absolute Gasteiger partial charge is 0.456 e. The second-order valence-electron chi connectivity index (χ2n) is 11.9. The molecule has 0 aliphatic carbocycles. The van der Waals surface area contributed by atoms with Crippen LogP contribution in [0.4, 0.5) is 0 Å². The van der Waals surface area contributed by atoms with Gasteiger partial charge in [-0.2, -0.15) is 0 Å². The van der Waals surface area contributed by atoms with E-state index in [2.05, 4.69) is 98.8 Å². The highest BCUT2D eigenvalue weighted by atomic mass is 16.3. The normalized spacial score (nSPS) is 11.7. The molecule has 3 heterocycles. The molecule has 0 saturated carbocycles. The van der Waals surface area contributed by atoms with Crippen LogP contribution in [-0.4, -0.2) is 9.97 Å². The van der Waals surface area contributed by atoms with Crippen molar-refractivity contribution in [2.75, 3.05) is 0 Å². The molecular weight excluding hydrogens is 564 g/mol. The molecule has 0 aliphatic rings. The van der Waals surface area contributed by atoms with Gasteiger partial charge in [0.1, 0.15) is 22.3 Å². The van der Waals surface area contributed by atoms with Crippen LogP contribution in [-0.2, 0) is 0 Å². The molecule has 0 bridgehead atoms. The SMILES string of the molecule is Cc1cc(-c2ccc3c(c2)oc2c(-c4nc(-c5ccccc5)nc(-c5ccccc5)c4C)cccc23)c2c(c1)oc1ccccc12. The van der Waals surface area contributed by atoms with Gasteiger partial charge in [-0.3, -0.25) is 0 Å². The number of fused-ring (bicyclic) bond motifs is 6. The second-order valence-corrected chi connectivity index (χ2v) is 11.9. The fraction of sp³-hybridized carbons (Fsp3) is 0.0476. The number of furan rings is 2. The molecule has 3 aromatic heterocycles. The third kappa shape index (κ3) is 4.15. The maximum atomic E-state index is 6.77. The smallest absolute Gasteiger partial charge is 0.160 e. The van der Waals surface area contributed by atoms with Gasteiger partial charge in [0.05, 0.1) is 11.4 Å². The molecule has 0 N–H and O–H groups in total. The molecule has 0 unspecified atom stereocenters. The van der Waals surface area contributed by atoms with E-state index < -0.39 is 0 Å². The van der Waals surface area contributed by atoms with Crippen LogP contribution in [0.1, 0.15) is 11.1 Å². The topological polar surface area (TPSA) is 52.1 Å². The van der Waals surface area contributed by atoms with Crippen molar-refractivity contribution in [1.29, 1.82) is 0 Å². The van der Waals surface area contributed by atoms with Crippen LogP contribution in [0.5, 0.6) is 0 Å². The van der Waals surface area contributed by atoms with Crippen molar-refractivity contribution in [3.63, 3.8) is 0 Å². The minimum atomic E-state index is 0.686. The molecular formula is C42H28N2O2. The first kappa shape index (κ1) is 26.4. The highest BCUT2D eigenvalue weighted by Crippen LogP contribution is 2.42. The molecule has 9 aromatic rings. The Kier molecular flexibility index (Phi) is 5.90. The molecule has 0 aliphatic heterocycles. The van der Waals surface area contributed by atoms with Gasteiger partial charge >= 0.3 is 0 Å². The Hall–Kier alpha value is -6.00. The van der Waals surface area contributed by atoms with Gasteiger partial charge in [-0.25, -0.2) is 9.97 Å². The quantitative estimate of drug-likeness (QED) is 0.204. The lowest BCUT2D eigenvalue weighted by atomic mass is 9.96. The number of rotatable bonds is 4. The summed E-state index contributed by atoms with van der Waals surface area (Å²) in [4.78, 5) is 10.2. The van der Waals surface area contributed by atoms with Gasteiger partial charge in [-0.15, -0.1) is 0 Å². The molecule has 9 rings (SSSR count). The fourth-order valence-corrected chi connectivity index (χ4v) is 6.74. The number of nitrogens with zero attached hydrogens (tertiary/aromatic N) is 2. The summed E-state index contributed by atoms with van der Waals surface area (Å²) in [7, 11) is 0. The van der Waals surface area contributed by atoms with Gasteiger partial charge in [-0.05, 0) is 60.9 Å². The standard InChI is InChI=1S/C42H28N2O2/c1-25-22-34(38-32-16-9-10-19-35(32)45-37(38)23-25)29-20-21-30-31-17-11-18-33(41(31)46-36(30)24-29)40-26(2)39(27-12-5-3-6-13-27)43-42(44-40)28-14-7-4-8-15-28/h3-24H,1-2H3. The van der Waals surface area contributed by atoms with Crippen molar-refractivity contribution in [3.8, 4) is 45.0 Å². The summed E-state index contributed by atoms with van der Waals surface area (Å²) >= 11 is 0. The van der Waals surface area contributed by atoms with Crippen molar-refractivity contribution in [2.45, 2.75) is 13.8 Å². The minimum Gasteiger partial charge on any atom is -0.456 e. The predicted octanol–water partition coefficient (Wildman–Crippen LogP) is 11.6. The maximum absolute atomic E-state index is 6.77. The third-order valence-corrected chi connectivity index (χ3v) is 8.91. The number of hydrogen-bond donors (Lipinski definition) is 0. The lowest BCUT2D eigenvalue weighted by Gasteiger charge is -2.14. The number of benzene rings is 6. The average Bonchev–Trinajstić information content (AvgIpc) is 3.66. The van der Waals surface area contributed by atoms with Crippen LogP contribution in [0.15, 0.2) is 142 Å². The van der Waals surface area contributed by atoms with Crippen LogP contribution >= 0.6 is 0 Å². The Morgan fingerprint density at radius 1 is 0.457 bits per heavy atom. The van der Waals surface area contributed by atoms with Gasteiger partial charge in [-0.1, -0.05) is 103 Å². The van der Waals surface area contributed by atoms with Gasteiger partial charge in [0.15, 0.2) is 5.82 Å². The van der Waals surface area contributed by atoms with Crippen molar-refractivity contribution >= 4 is 43.9 Å². The highest BCUT2D eigenvalue weighted by molar-refractivity contribution is 6.14. The van der Waals surface area contributed by atoms with E-state index in [0.29, 0.717) is 5.82 Å².